The van der Waals surface area contributed by atoms with E-state index in [1.807, 2.05) is 25.1 Å². The van der Waals surface area contributed by atoms with Crippen molar-refractivity contribution in [3.8, 4) is 0 Å². The first-order valence-electron chi connectivity index (χ1n) is 5.13. The molecular formula is C12H16N2O2. The number of aromatic nitrogens is 1. The highest BCUT2D eigenvalue weighted by atomic mass is 16.4. The van der Waals surface area contributed by atoms with Gasteiger partial charge in [-0.25, -0.2) is 4.79 Å². The standard InChI is InChI=1S/C12H16N2O2/c1-9(12(15)16)6-7-13-8-11-5-3-4-10(2)14-11/h3-6,13H,7-8H2,1-2H3,(H,15,16)/b9-6-. The SMILES string of the molecule is C/C(=C/CNCc1cccc(C)n1)C(=O)O. The monoisotopic (exact) mass is 220 g/mol. The van der Waals surface area contributed by atoms with E-state index in [9.17, 15) is 4.79 Å². The molecule has 0 unspecified atom stereocenters. The van der Waals surface area contributed by atoms with Gasteiger partial charge >= 0.3 is 5.97 Å². The van der Waals surface area contributed by atoms with Crippen molar-refractivity contribution in [1.29, 1.82) is 0 Å². The molecule has 0 saturated heterocycles. The molecule has 0 saturated carbocycles. The fourth-order valence-electron chi connectivity index (χ4n) is 1.21. The van der Waals surface area contributed by atoms with Gasteiger partial charge in [-0.3, -0.25) is 4.98 Å². The molecule has 0 aliphatic rings. The smallest absolute Gasteiger partial charge is 0.330 e. The van der Waals surface area contributed by atoms with Crippen LogP contribution in [0.3, 0.4) is 0 Å². The molecule has 0 amide bonds. The first-order chi connectivity index (χ1) is 7.59. The number of carboxylic acid groups (broad SMARTS) is 1. The Kier molecular flexibility index (Phi) is 4.66. The molecule has 86 valence electrons. The van der Waals surface area contributed by atoms with Crippen molar-refractivity contribution < 1.29 is 9.90 Å². The molecule has 0 fully saturated rings. The molecule has 1 aromatic heterocycles. The zero-order valence-electron chi connectivity index (χ0n) is 9.53. The number of rotatable bonds is 5. The Balaban J connectivity index is 2.36. The minimum Gasteiger partial charge on any atom is -0.478 e. The summed E-state index contributed by atoms with van der Waals surface area (Å²) in [4.78, 5) is 14.8. The minimum atomic E-state index is -0.879. The van der Waals surface area contributed by atoms with Crippen molar-refractivity contribution in [2.24, 2.45) is 0 Å². The van der Waals surface area contributed by atoms with E-state index in [0.29, 0.717) is 18.7 Å². The Hall–Kier alpha value is -1.68. The lowest BCUT2D eigenvalue weighted by Crippen LogP contribution is -2.15. The molecule has 0 bridgehead atoms. The molecule has 0 aliphatic carbocycles. The van der Waals surface area contributed by atoms with Crippen LogP contribution in [-0.4, -0.2) is 22.6 Å². The molecule has 16 heavy (non-hydrogen) atoms. The van der Waals surface area contributed by atoms with Crippen molar-refractivity contribution in [1.82, 2.24) is 10.3 Å². The van der Waals surface area contributed by atoms with Crippen LogP contribution in [0.1, 0.15) is 18.3 Å². The lowest BCUT2D eigenvalue weighted by Gasteiger charge is -2.02. The van der Waals surface area contributed by atoms with Gasteiger partial charge in [0.1, 0.15) is 0 Å². The predicted molar refractivity (Wildman–Crippen MR) is 62.1 cm³/mol. The molecule has 4 nitrogen and oxygen atoms in total. The summed E-state index contributed by atoms with van der Waals surface area (Å²) in [5.41, 5.74) is 2.29. The van der Waals surface area contributed by atoms with Crippen LogP contribution in [0.4, 0.5) is 0 Å². The van der Waals surface area contributed by atoms with Crippen LogP contribution in [0.15, 0.2) is 29.8 Å². The van der Waals surface area contributed by atoms with Gasteiger partial charge in [0.15, 0.2) is 0 Å². The van der Waals surface area contributed by atoms with Gasteiger partial charge < -0.3 is 10.4 Å². The molecule has 1 heterocycles. The minimum absolute atomic E-state index is 0.352. The highest BCUT2D eigenvalue weighted by Crippen LogP contribution is 1.97. The summed E-state index contributed by atoms with van der Waals surface area (Å²) < 4.78 is 0. The topological polar surface area (TPSA) is 62.2 Å². The first-order valence-corrected chi connectivity index (χ1v) is 5.13. The van der Waals surface area contributed by atoms with Crippen molar-refractivity contribution in [2.75, 3.05) is 6.54 Å². The van der Waals surface area contributed by atoms with Crippen molar-refractivity contribution in [3.63, 3.8) is 0 Å². The molecule has 2 N–H and O–H groups in total. The van der Waals surface area contributed by atoms with E-state index in [0.717, 1.165) is 11.4 Å². The van der Waals surface area contributed by atoms with Crippen molar-refractivity contribution in [3.05, 3.63) is 41.2 Å². The fraction of sp³-hybridized carbons (Fsp3) is 0.333. The van der Waals surface area contributed by atoms with E-state index in [4.69, 9.17) is 5.11 Å². The van der Waals surface area contributed by atoms with Crippen LogP contribution >= 0.6 is 0 Å². The fourth-order valence-corrected chi connectivity index (χ4v) is 1.21. The Labute approximate surface area is 95.0 Å². The Morgan fingerprint density at radius 1 is 1.56 bits per heavy atom. The maximum Gasteiger partial charge on any atom is 0.330 e. The third-order valence-electron chi connectivity index (χ3n) is 2.14. The summed E-state index contributed by atoms with van der Waals surface area (Å²) >= 11 is 0. The summed E-state index contributed by atoms with van der Waals surface area (Å²) in [5, 5.41) is 11.7. The summed E-state index contributed by atoms with van der Waals surface area (Å²) in [6, 6.07) is 5.84. The first kappa shape index (κ1) is 12.4. The van der Waals surface area contributed by atoms with Crippen LogP contribution in [-0.2, 0) is 11.3 Å². The molecular weight excluding hydrogens is 204 g/mol. The summed E-state index contributed by atoms with van der Waals surface area (Å²) in [6.45, 7) is 4.70. The van der Waals surface area contributed by atoms with Gasteiger partial charge in [0.05, 0.1) is 5.69 Å². The molecule has 4 heteroatoms. The molecule has 0 aromatic carbocycles. The number of aryl methyl sites for hydroxylation is 1. The quantitative estimate of drug-likeness (QED) is 0.583. The van der Waals surface area contributed by atoms with Gasteiger partial charge in [0.2, 0.25) is 0 Å². The normalized spacial score (nSPS) is 11.5. The number of nitrogens with one attached hydrogen (secondary N) is 1. The summed E-state index contributed by atoms with van der Waals surface area (Å²) in [7, 11) is 0. The predicted octanol–water partition coefficient (Wildman–Crippen LogP) is 1.51. The van der Waals surface area contributed by atoms with Gasteiger partial charge in [-0.1, -0.05) is 12.1 Å². The third-order valence-corrected chi connectivity index (χ3v) is 2.14. The van der Waals surface area contributed by atoms with Gasteiger partial charge in [-0.15, -0.1) is 0 Å². The lowest BCUT2D eigenvalue weighted by molar-refractivity contribution is -0.132. The number of carbonyl (C=O) groups is 1. The van der Waals surface area contributed by atoms with E-state index in [1.165, 1.54) is 0 Å². The Morgan fingerprint density at radius 3 is 2.94 bits per heavy atom. The molecule has 1 aromatic rings. The van der Waals surface area contributed by atoms with Crippen LogP contribution in [0.5, 0.6) is 0 Å². The maximum absolute atomic E-state index is 10.5. The number of nitrogens with zero attached hydrogens (tertiary/aromatic N) is 1. The van der Waals surface area contributed by atoms with E-state index in [-0.39, 0.29) is 0 Å². The second-order valence-corrected chi connectivity index (χ2v) is 3.59. The van der Waals surface area contributed by atoms with Crippen LogP contribution in [0.2, 0.25) is 0 Å². The Morgan fingerprint density at radius 2 is 2.31 bits per heavy atom. The van der Waals surface area contributed by atoms with Crippen molar-refractivity contribution in [2.45, 2.75) is 20.4 Å². The number of hydrogen-bond donors (Lipinski definition) is 2. The summed E-state index contributed by atoms with van der Waals surface area (Å²) in [5.74, 6) is -0.879. The Bertz CT molecular complexity index is 400. The molecule has 0 atom stereocenters. The van der Waals surface area contributed by atoms with Crippen LogP contribution in [0, 0.1) is 6.92 Å². The van der Waals surface area contributed by atoms with Crippen LogP contribution in [0.25, 0.3) is 0 Å². The van der Waals surface area contributed by atoms with Gasteiger partial charge in [0, 0.05) is 24.4 Å². The average molecular weight is 220 g/mol. The van der Waals surface area contributed by atoms with Gasteiger partial charge in [0.25, 0.3) is 0 Å². The zero-order valence-corrected chi connectivity index (χ0v) is 9.53. The number of pyridine rings is 1. The van der Waals surface area contributed by atoms with Gasteiger partial charge in [-0.2, -0.15) is 0 Å². The van der Waals surface area contributed by atoms with E-state index in [1.54, 1.807) is 13.0 Å². The van der Waals surface area contributed by atoms with Gasteiger partial charge in [-0.05, 0) is 26.0 Å². The van der Waals surface area contributed by atoms with Crippen LogP contribution < -0.4 is 5.32 Å². The third kappa shape index (κ3) is 4.23. The molecule has 0 aliphatic heterocycles. The molecule has 0 radical (unpaired) electrons. The lowest BCUT2D eigenvalue weighted by atomic mass is 10.3. The number of aliphatic carboxylic acids is 1. The zero-order chi connectivity index (χ0) is 12.0. The average Bonchev–Trinajstić information content (AvgIpc) is 2.24. The number of hydrogen-bond acceptors (Lipinski definition) is 3. The summed E-state index contributed by atoms with van der Waals surface area (Å²) in [6.07, 6.45) is 1.65. The number of carboxylic acids is 1. The second kappa shape index (κ2) is 6.02. The second-order valence-electron chi connectivity index (χ2n) is 3.59. The largest absolute Gasteiger partial charge is 0.478 e. The highest BCUT2D eigenvalue weighted by Gasteiger charge is 1.98. The van der Waals surface area contributed by atoms with E-state index >= 15 is 0 Å². The van der Waals surface area contributed by atoms with E-state index in [2.05, 4.69) is 10.3 Å². The molecule has 1 rings (SSSR count). The maximum atomic E-state index is 10.5. The van der Waals surface area contributed by atoms with Crippen molar-refractivity contribution >= 4 is 5.97 Å². The van der Waals surface area contributed by atoms with E-state index < -0.39 is 5.97 Å². The highest BCUT2D eigenvalue weighted by molar-refractivity contribution is 5.85. The molecule has 0 spiro atoms.